The zero-order valence-electron chi connectivity index (χ0n) is 11.4. The normalized spacial score (nSPS) is 39.0. The molecule has 98 valence electrons. The monoisotopic (exact) mass is 237 g/mol. The van der Waals surface area contributed by atoms with Crippen LogP contribution in [0.15, 0.2) is 0 Å². The zero-order valence-corrected chi connectivity index (χ0v) is 11.4. The summed E-state index contributed by atoms with van der Waals surface area (Å²) in [5.74, 6) is 0.792. The molecule has 17 heavy (non-hydrogen) atoms. The van der Waals surface area contributed by atoms with Gasteiger partial charge in [-0.2, -0.15) is 0 Å². The average molecular weight is 237 g/mol. The van der Waals surface area contributed by atoms with Gasteiger partial charge in [-0.1, -0.05) is 0 Å². The molecule has 0 aromatic rings. The van der Waals surface area contributed by atoms with Crippen LogP contribution in [0.1, 0.15) is 39.0 Å². The number of fused-ring (bicyclic) bond motifs is 2. The Morgan fingerprint density at radius 3 is 2.53 bits per heavy atom. The van der Waals surface area contributed by atoms with Gasteiger partial charge in [0.05, 0.1) is 0 Å². The van der Waals surface area contributed by atoms with Crippen molar-refractivity contribution in [3.63, 3.8) is 0 Å². The summed E-state index contributed by atoms with van der Waals surface area (Å²) < 4.78 is 0. The van der Waals surface area contributed by atoms with Crippen molar-refractivity contribution in [2.75, 3.05) is 26.7 Å². The van der Waals surface area contributed by atoms with E-state index >= 15 is 0 Å². The van der Waals surface area contributed by atoms with E-state index in [0.717, 1.165) is 24.5 Å². The third-order valence-electron chi connectivity index (χ3n) is 5.31. The van der Waals surface area contributed by atoms with Crippen molar-refractivity contribution in [1.82, 2.24) is 9.80 Å². The Morgan fingerprint density at radius 1 is 1.12 bits per heavy atom. The molecule has 3 rings (SSSR count). The van der Waals surface area contributed by atoms with Gasteiger partial charge in [-0.25, -0.2) is 0 Å². The van der Waals surface area contributed by atoms with Crippen LogP contribution in [0.25, 0.3) is 0 Å². The Hall–Kier alpha value is -0.120. The van der Waals surface area contributed by atoms with E-state index in [1.165, 1.54) is 45.2 Å². The van der Waals surface area contributed by atoms with Gasteiger partial charge in [-0.3, -0.25) is 9.80 Å². The average Bonchev–Trinajstić information content (AvgIpc) is 3.02. The van der Waals surface area contributed by atoms with E-state index < -0.39 is 0 Å². The Morgan fingerprint density at radius 2 is 1.82 bits per heavy atom. The topological polar surface area (TPSA) is 32.5 Å². The van der Waals surface area contributed by atoms with Crippen LogP contribution in [0, 0.1) is 5.92 Å². The standard InChI is InChI=1S/C14H27N3/c1-14(15,11-3-4-11)10-17-8-7-12-5-6-13(9-17)16(12)2/h11-13H,3-10,15H2,1-2H3. The van der Waals surface area contributed by atoms with Crippen LogP contribution in [0.2, 0.25) is 0 Å². The van der Waals surface area contributed by atoms with Gasteiger partial charge in [-0.15, -0.1) is 0 Å². The van der Waals surface area contributed by atoms with Crippen LogP contribution in [-0.2, 0) is 0 Å². The summed E-state index contributed by atoms with van der Waals surface area (Å²) in [7, 11) is 2.31. The minimum absolute atomic E-state index is 0.0577. The van der Waals surface area contributed by atoms with E-state index in [1.54, 1.807) is 0 Å². The van der Waals surface area contributed by atoms with E-state index in [4.69, 9.17) is 5.73 Å². The van der Waals surface area contributed by atoms with Crippen molar-refractivity contribution in [3.05, 3.63) is 0 Å². The number of likely N-dealkylation sites (tertiary alicyclic amines) is 1. The van der Waals surface area contributed by atoms with Gasteiger partial charge in [0.25, 0.3) is 0 Å². The summed E-state index contributed by atoms with van der Waals surface area (Å²) >= 11 is 0. The van der Waals surface area contributed by atoms with Crippen LogP contribution in [0.4, 0.5) is 0 Å². The molecule has 3 heteroatoms. The SMILES string of the molecule is CN1C2CCC1CN(CC(C)(N)C1CC1)CC2. The summed E-state index contributed by atoms with van der Waals surface area (Å²) in [6.45, 7) is 5.86. The van der Waals surface area contributed by atoms with Crippen molar-refractivity contribution in [1.29, 1.82) is 0 Å². The first kappa shape index (κ1) is 11.9. The number of nitrogens with two attached hydrogens (primary N) is 1. The first-order valence-electron chi connectivity index (χ1n) is 7.29. The summed E-state index contributed by atoms with van der Waals surface area (Å²) in [5, 5.41) is 0. The van der Waals surface area contributed by atoms with Gasteiger partial charge in [0.15, 0.2) is 0 Å². The molecule has 0 spiro atoms. The lowest BCUT2D eigenvalue weighted by molar-refractivity contribution is 0.179. The van der Waals surface area contributed by atoms with Gasteiger partial charge in [0.2, 0.25) is 0 Å². The summed E-state index contributed by atoms with van der Waals surface area (Å²) in [6.07, 6.45) is 6.85. The molecule has 0 aromatic carbocycles. The molecular weight excluding hydrogens is 210 g/mol. The second-order valence-corrected chi connectivity index (χ2v) is 6.85. The lowest BCUT2D eigenvalue weighted by atomic mass is 9.95. The number of hydrogen-bond acceptors (Lipinski definition) is 3. The number of nitrogens with zero attached hydrogens (tertiary/aromatic N) is 2. The van der Waals surface area contributed by atoms with Crippen molar-refractivity contribution >= 4 is 0 Å². The van der Waals surface area contributed by atoms with Gasteiger partial charge < -0.3 is 5.73 Å². The summed E-state index contributed by atoms with van der Waals surface area (Å²) in [6, 6.07) is 1.63. The van der Waals surface area contributed by atoms with Gasteiger partial charge in [0.1, 0.15) is 0 Å². The summed E-state index contributed by atoms with van der Waals surface area (Å²) in [5.41, 5.74) is 6.54. The third kappa shape index (κ3) is 2.38. The lowest BCUT2D eigenvalue weighted by Gasteiger charge is -2.34. The second-order valence-electron chi connectivity index (χ2n) is 6.85. The van der Waals surface area contributed by atoms with Crippen LogP contribution in [-0.4, -0.2) is 54.1 Å². The second kappa shape index (κ2) is 4.22. The smallest absolute Gasteiger partial charge is 0.0283 e. The Balaban J connectivity index is 1.61. The first-order valence-corrected chi connectivity index (χ1v) is 7.29. The number of hydrogen-bond donors (Lipinski definition) is 1. The predicted molar refractivity (Wildman–Crippen MR) is 70.9 cm³/mol. The molecule has 2 heterocycles. The Bertz CT molecular complexity index is 285. The highest BCUT2D eigenvalue weighted by Gasteiger charge is 2.41. The van der Waals surface area contributed by atoms with Gasteiger partial charge in [-0.05, 0) is 58.5 Å². The Kier molecular flexibility index (Phi) is 2.96. The molecule has 3 aliphatic rings. The molecule has 2 N–H and O–H groups in total. The minimum atomic E-state index is 0.0577. The van der Waals surface area contributed by atoms with Gasteiger partial charge in [0, 0.05) is 30.7 Å². The molecular formula is C14H27N3. The first-order chi connectivity index (χ1) is 8.06. The number of likely N-dealkylation sites (N-methyl/N-ethyl adjacent to an activating group) is 1. The van der Waals surface area contributed by atoms with Crippen molar-refractivity contribution in [3.8, 4) is 0 Å². The fraction of sp³-hybridized carbons (Fsp3) is 1.00. The van der Waals surface area contributed by atoms with Crippen LogP contribution >= 0.6 is 0 Å². The molecule has 1 saturated carbocycles. The predicted octanol–water partition coefficient (Wildman–Crippen LogP) is 1.28. The maximum Gasteiger partial charge on any atom is 0.0283 e. The van der Waals surface area contributed by atoms with Crippen LogP contribution in [0.3, 0.4) is 0 Å². The molecule has 0 aromatic heterocycles. The highest BCUT2D eigenvalue weighted by molar-refractivity contribution is 4.99. The molecule has 1 aliphatic carbocycles. The van der Waals surface area contributed by atoms with E-state index in [2.05, 4.69) is 23.8 Å². The highest BCUT2D eigenvalue weighted by Crippen LogP contribution is 2.39. The minimum Gasteiger partial charge on any atom is -0.324 e. The highest BCUT2D eigenvalue weighted by atomic mass is 15.3. The van der Waals surface area contributed by atoms with Crippen LogP contribution in [0.5, 0.6) is 0 Å². The van der Waals surface area contributed by atoms with Crippen molar-refractivity contribution in [2.24, 2.45) is 11.7 Å². The molecule has 2 bridgehead atoms. The molecule has 0 radical (unpaired) electrons. The third-order valence-corrected chi connectivity index (χ3v) is 5.31. The van der Waals surface area contributed by atoms with E-state index in [9.17, 15) is 0 Å². The molecule has 3 unspecified atom stereocenters. The largest absolute Gasteiger partial charge is 0.324 e. The molecule has 3 nitrogen and oxygen atoms in total. The van der Waals surface area contributed by atoms with E-state index in [0.29, 0.717) is 0 Å². The Labute approximate surface area is 105 Å². The van der Waals surface area contributed by atoms with Crippen LogP contribution < -0.4 is 5.73 Å². The van der Waals surface area contributed by atoms with Gasteiger partial charge >= 0.3 is 0 Å². The van der Waals surface area contributed by atoms with Crippen molar-refractivity contribution < 1.29 is 0 Å². The lowest BCUT2D eigenvalue weighted by Crippen LogP contribution is -2.51. The zero-order chi connectivity index (χ0) is 12.0. The number of rotatable bonds is 3. The quantitative estimate of drug-likeness (QED) is 0.802. The molecule has 2 saturated heterocycles. The molecule has 0 amide bonds. The molecule has 3 atom stereocenters. The molecule has 2 aliphatic heterocycles. The fourth-order valence-electron chi connectivity index (χ4n) is 3.88. The maximum atomic E-state index is 6.48. The fourth-order valence-corrected chi connectivity index (χ4v) is 3.88. The summed E-state index contributed by atoms with van der Waals surface area (Å²) in [4.78, 5) is 5.25. The van der Waals surface area contributed by atoms with Crippen molar-refractivity contribution in [2.45, 2.75) is 56.7 Å². The molecule has 3 fully saturated rings. The van der Waals surface area contributed by atoms with E-state index in [-0.39, 0.29) is 5.54 Å². The maximum absolute atomic E-state index is 6.48. The van der Waals surface area contributed by atoms with E-state index in [1.807, 2.05) is 0 Å².